The van der Waals surface area contributed by atoms with Gasteiger partial charge < -0.3 is 9.73 Å². The van der Waals surface area contributed by atoms with Gasteiger partial charge >= 0.3 is 18.0 Å². The van der Waals surface area contributed by atoms with E-state index in [0.29, 0.717) is 6.42 Å². The van der Waals surface area contributed by atoms with Gasteiger partial charge in [0, 0.05) is 5.02 Å². The van der Waals surface area contributed by atoms with Gasteiger partial charge in [0.25, 0.3) is 0 Å². The maximum atomic E-state index is 13.1. The molecule has 3 rings (SSSR count). The first-order valence-electron chi connectivity index (χ1n) is 7.37. The standard InChI is InChI=1S/C17H11ClF3N3O2/c18-11-6-7-13(12(9-11)17(19,20)21)22-15(25)16-24-23-14(26-16)8-10-4-2-1-3-5-10/h1-7,9H,8H2,(H,22,25). The molecule has 0 radical (unpaired) electrons. The summed E-state index contributed by atoms with van der Waals surface area (Å²) in [6.45, 7) is 0. The van der Waals surface area contributed by atoms with E-state index in [1.165, 1.54) is 6.07 Å². The molecule has 0 unspecified atom stereocenters. The van der Waals surface area contributed by atoms with Gasteiger partial charge in [-0.25, -0.2) is 0 Å². The van der Waals surface area contributed by atoms with Crippen LogP contribution in [0.2, 0.25) is 5.02 Å². The van der Waals surface area contributed by atoms with Crippen LogP contribution in [-0.4, -0.2) is 16.1 Å². The second kappa shape index (κ2) is 7.17. The summed E-state index contributed by atoms with van der Waals surface area (Å²) in [6.07, 6.45) is -4.38. The zero-order valence-electron chi connectivity index (χ0n) is 13.0. The minimum Gasteiger partial charge on any atom is -0.417 e. The highest BCUT2D eigenvalue weighted by molar-refractivity contribution is 6.30. The topological polar surface area (TPSA) is 68.0 Å². The van der Waals surface area contributed by atoms with Crippen molar-refractivity contribution in [3.8, 4) is 0 Å². The monoisotopic (exact) mass is 381 g/mol. The van der Waals surface area contributed by atoms with E-state index in [4.69, 9.17) is 16.0 Å². The number of rotatable bonds is 4. The molecule has 1 amide bonds. The molecule has 0 fully saturated rings. The second-order valence-electron chi connectivity index (χ2n) is 5.31. The largest absolute Gasteiger partial charge is 0.418 e. The number of halogens is 4. The number of carbonyl (C=O) groups is 1. The van der Waals surface area contributed by atoms with Crippen LogP contribution in [0.5, 0.6) is 0 Å². The van der Waals surface area contributed by atoms with E-state index >= 15 is 0 Å². The van der Waals surface area contributed by atoms with E-state index in [-0.39, 0.29) is 10.9 Å². The Morgan fingerprint density at radius 3 is 2.54 bits per heavy atom. The van der Waals surface area contributed by atoms with Gasteiger partial charge in [0.1, 0.15) is 0 Å². The molecule has 1 aromatic heterocycles. The van der Waals surface area contributed by atoms with Crippen molar-refractivity contribution in [2.75, 3.05) is 5.32 Å². The van der Waals surface area contributed by atoms with Gasteiger partial charge in [-0.3, -0.25) is 4.79 Å². The fourth-order valence-corrected chi connectivity index (χ4v) is 2.40. The van der Waals surface area contributed by atoms with E-state index in [0.717, 1.165) is 17.7 Å². The Balaban J connectivity index is 1.77. The molecular weight excluding hydrogens is 371 g/mol. The molecule has 0 aliphatic carbocycles. The molecule has 1 N–H and O–H groups in total. The summed E-state index contributed by atoms with van der Waals surface area (Å²) >= 11 is 5.60. The van der Waals surface area contributed by atoms with Crippen molar-refractivity contribution in [3.63, 3.8) is 0 Å². The molecule has 1 heterocycles. The van der Waals surface area contributed by atoms with Gasteiger partial charge in [-0.05, 0) is 23.8 Å². The molecule has 0 spiro atoms. The molecule has 3 aromatic rings. The average molecular weight is 382 g/mol. The number of nitrogens with one attached hydrogen (secondary N) is 1. The first-order chi connectivity index (χ1) is 12.3. The lowest BCUT2D eigenvalue weighted by Gasteiger charge is -2.13. The smallest absolute Gasteiger partial charge is 0.417 e. The van der Waals surface area contributed by atoms with Crippen molar-refractivity contribution in [2.45, 2.75) is 12.6 Å². The lowest BCUT2D eigenvalue weighted by Crippen LogP contribution is -2.17. The first kappa shape index (κ1) is 17.9. The SMILES string of the molecule is O=C(Nc1ccc(Cl)cc1C(F)(F)F)c1nnc(Cc2ccccc2)o1. The second-order valence-corrected chi connectivity index (χ2v) is 5.74. The lowest BCUT2D eigenvalue weighted by molar-refractivity contribution is -0.136. The Morgan fingerprint density at radius 2 is 1.85 bits per heavy atom. The summed E-state index contributed by atoms with van der Waals surface area (Å²) < 4.78 is 44.4. The van der Waals surface area contributed by atoms with Crippen LogP contribution < -0.4 is 5.32 Å². The van der Waals surface area contributed by atoms with Gasteiger partial charge in [-0.1, -0.05) is 41.9 Å². The number of hydrogen-bond donors (Lipinski definition) is 1. The summed E-state index contributed by atoms with van der Waals surface area (Å²) in [5.41, 5.74) is -0.628. The third kappa shape index (κ3) is 4.20. The Hall–Kier alpha value is -2.87. The van der Waals surface area contributed by atoms with Crippen LogP contribution in [0.1, 0.15) is 27.7 Å². The van der Waals surface area contributed by atoms with Crippen molar-refractivity contribution in [2.24, 2.45) is 0 Å². The van der Waals surface area contributed by atoms with Crippen LogP contribution in [-0.2, 0) is 12.6 Å². The summed E-state index contributed by atoms with van der Waals surface area (Å²) in [4.78, 5) is 12.1. The number of anilines is 1. The van der Waals surface area contributed by atoms with Crippen LogP contribution in [0.4, 0.5) is 18.9 Å². The molecule has 0 aliphatic heterocycles. The number of aromatic nitrogens is 2. The van der Waals surface area contributed by atoms with Gasteiger partial charge in [0.15, 0.2) is 0 Å². The highest BCUT2D eigenvalue weighted by Gasteiger charge is 2.34. The van der Waals surface area contributed by atoms with Gasteiger partial charge in [0.2, 0.25) is 5.89 Å². The normalized spacial score (nSPS) is 11.4. The van der Waals surface area contributed by atoms with E-state index < -0.39 is 29.2 Å². The van der Waals surface area contributed by atoms with E-state index in [9.17, 15) is 18.0 Å². The molecule has 9 heteroatoms. The summed E-state index contributed by atoms with van der Waals surface area (Å²) in [5.74, 6) is -1.20. The quantitative estimate of drug-likeness (QED) is 0.718. The first-order valence-corrected chi connectivity index (χ1v) is 7.75. The summed E-state index contributed by atoms with van der Waals surface area (Å²) in [6, 6.07) is 12.2. The van der Waals surface area contributed by atoms with Crippen LogP contribution in [0.25, 0.3) is 0 Å². The van der Waals surface area contributed by atoms with Crippen LogP contribution >= 0.6 is 11.6 Å². The zero-order chi connectivity index (χ0) is 18.7. The Bertz CT molecular complexity index is 927. The molecule has 5 nitrogen and oxygen atoms in total. The molecule has 0 atom stereocenters. The third-order valence-corrected chi connectivity index (χ3v) is 3.63. The summed E-state index contributed by atoms with van der Waals surface area (Å²) in [7, 11) is 0. The van der Waals surface area contributed by atoms with Crippen molar-refractivity contribution in [1.82, 2.24) is 10.2 Å². The van der Waals surface area contributed by atoms with Gasteiger partial charge in [-0.2, -0.15) is 13.2 Å². The Morgan fingerprint density at radius 1 is 1.12 bits per heavy atom. The highest BCUT2D eigenvalue weighted by Crippen LogP contribution is 2.36. The molecule has 0 saturated heterocycles. The molecule has 26 heavy (non-hydrogen) atoms. The Kier molecular flexibility index (Phi) is 4.94. The van der Waals surface area contributed by atoms with Crippen molar-refractivity contribution < 1.29 is 22.4 Å². The number of carbonyl (C=O) groups excluding carboxylic acids is 1. The van der Waals surface area contributed by atoms with E-state index in [1.54, 1.807) is 0 Å². The van der Waals surface area contributed by atoms with E-state index in [1.807, 2.05) is 30.3 Å². The zero-order valence-corrected chi connectivity index (χ0v) is 13.8. The predicted molar refractivity (Wildman–Crippen MR) is 88.0 cm³/mol. The number of alkyl halides is 3. The molecule has 2 aromatic carbocycles. The molecule has 0 bridgehead atoms. The minimum atomic E-state index is -4.68. The van der Waals surface area contributed by atoms with Crippen molar-refractivity contribution >= 4 is 23.2 Å². The minimum absolute atomic E-state index is 0.0988. The number of nitrogens with zero attached hydrogens (tertiary/aromatic N) is 2. The number of amides is 1. The van der Waals surface area contributed by atoms with Crippen molar-refractivity contribution in [1.29, 1.82) is 0 Å². The summed E-state index contributed by atoms with van der Waals surface area (Å²) in [5, 5.41) is 9.35. The highest BCUT2D eigenvalue weighted by atomic mass is 35.5. The molecule has 0 saturated carbocycles. The fraction of sp³-hybridized carbons (Fsp3) is 0.118. The van der Waals surface area contributed by atoms with Crippen LogP contribution in [0, 0.1) is 0 Å². The fourth-order valence-electron chi connectivity index (χ4n) is 2.22. The maximum absolute atomic E-state index is 13.1. The van der Waals surface area contributed by atoms with Crippen molar-refractivity contribution in [3.05, 3.63) is 76.5 Å². The molecular formula is C17H11ClF3N3O2. The third-order valence-electron chi connectivity index (χ3n) is 3.39. The van der Waals surface area contributed by atoms with Crippen LogP contribution in [0.15, 0.2) is 52.9 Å². The lowest BCUT2D eigenvalue weighted by atomic mass is 10.1. The molecule has 134 valence electrons. The Labute approximate surface area is 150 Å². The van der Waals surface area contributed by atoms with Gasteiger partial charge in [-0.15, -0.1) is 10.2 Å². The number of hydrogen-bond acceptors (Lipinski definition) is 4. The van der Waals surface area contributed by atoms with E-state index in [2.05, 4.69) is 15.5 Å². The predicted octanol–water partition coefficient (Wildman–Crippen LogP) is 4.58. The number of benzene rings is 2. The van der Waals surface area contributed by atoms with Crippen LogP contribution in [0.3, 0.4) is 0 Å². The molecule has 0 aliphatic rings. The average Bonchev–Trinajstić information content (AvgIpc) is 3.05. The van der Waals surface area contributed by atoms with Gasteiger partial charge in [0.05, 0.1) is 17.7 Å². The maximum Gasteiger partial charge on any atom is 0.418 e.